The predicted molar refractivity (Wildman–Crippen MR) is 184 cm³/mol. The molecule has 0 aliphatic heterocycles. The molecular weight excluding hydrogens is 586 g/mol. The fourth-order valence-corrected chi connectivity index (χ4v) is 12.5. The van der Waals surface area contributed by atoms with Crippen LogP contribution < -0.4 is 5.69 Å². The lowest BCUT2D eigenvalue weighted by molar-refractivity contribution is -0.207. The molecule has 0 amide bonds. The minimum absolute atomic E-state index is 0.0292. The van der Waals surface area contributed by atoms with Crippen LogP contribution in [0, 0.1) is 56.7 Å². The van der Waals surface area contributed by atoms with Gasteiger partial charge in [0.25, 0.3) is 0 Å². The Bertz CT molecular complexity index is 1610. The molecule has 0 unspecified atom stereocenters. The van der Waals surface area contributed by atoms with Gasteiger partial charge in [-0.1, -0.05) is 78.3 Å². The van der Waals surface area contributed by atoms with Crippen molar-refractivity contribution >= 4 is 5.97 Å². The average Bonchev–Trinajstić information content (AvgIpc) is 3.41. The molecule has 0 saturated heterocycles. The molecule has 1 heterocycles. The molecule has 0 radical (unpaired) electrons. The summed E-state index contributed by atoms with van der Waals surface area (Å²) in [4.78, 5) is 27.5. The third kappa shape index (κ3) is 4.57. The predicted octanol–water partition coefficient (Wildman–Crippen LogP) is 7.60. The fourth-order valence-electron chi connectivity index (χ4n) is 12.5. The Balaban J connectivity index is 1.16. The highest BCUT2D eigenvalue weighted by Gasteiger charge is 2.69. The molecule has 5 aliphatic rings. The number of rotatable bonds is 5. The van der Waals surface area contributed by atoms with Gasteiger partial charge >= 0.3 is 11.7 Å². The van der Waals surface area contributed by atoms with Crippen molar-refractivity contribution < 1.29 is 14.6 Å². The summed E-state index contributed by atoms with van der Waals surface area (Å²) in [7, 11) is 0. The Morgan fingerprint density at radius 2 is 1.70 bits per heavy atom. The number of hydrogen-bond donors (Lipinski definition) is 1. The number of allylic oxidation sites excluding steroid dienone is 2. The lowest BCUT2D eigenvalue weighted by Gasteiger charge is -2.71. The van der Waals surface area contributed by atoms with Crippen molar-refractivity contribution in [1.82, 2.24) is 14.3 Å². The zero-order valence-electron chi connectivity index (χ0n) is 29.8. The molecule has 0 bridgehead atoms. The monoisotopic (exact) mass is 643 g/mol. The van der Waals surface area contributed by atoms with Gasteiger partial charge in [-0.2, -0.15) is 5.10 Å². The van der Waals surface area contributed by atoms with E-state index in [4.69, 9.17) is 4.74 Å². The van der Waals surface area contributed by atoms with Crippen molar-refractivity contribution in [1.29, 1.82) is 0 Å². The van der Waals surface area contributed by atoms with E-state index in [-0.39, 0.29) is 58.5 Å². The number of benzene rings is 1. The van der Waals surface area contributed by atoms with Crippen LogP contribution in [0.2, 0.25) is 0 Å². The van der Waals surface area contributed by atoms with Crippen molar-refractivity contribution in [3.63, 3.8) is 0 Å². The van der Waals surface area contributed by atoms with Gasteiger partial charge in [0.2, 0.25) is 0 Å². The van der Waals surface area contributed by atoms with Gasteiger partial charge in [0.05, 0.1) is 23.8 Å². The van der Waals surface area contributed by atoms with Crippen LogP contribution in [-0.2, 0) is 16.1 Å². The third-order valence-electron chi connectivity index (χ3n) is 15.7. The third-order valence-corrected chi connectivity index (χ3v) is 15.7. The van der Waals surface area contributed by atoms with Crippen LogP contribution in [-0.4, -0.2) is 38.1 Å². The summed E-state index contributed by atoms with van der Waals surface area (Å²) in [6.07, 6.45) is 13.1. The smallest absolute Gasteiger partial charge is 0.350 e. The first kappa shape index (κ1) is 32.9. The number of carbonyl (C=O) groups is 1. The van der Waals surface area contributed by atoms with Crippen molar-refractivity contribution in [2.24, 2.45) is 56.7 Å². The van der Waals surface area contributed by atoms with Gasteiger partial charge in [-0.05, 0) is 121 Å². The van der Waals surface area contributed by atoms with Crippen LogP contribution in [0.3, 0.4) is 0 Å². The highest BCUT2D eigenvalue weighted by molar-refractivity contribution is 5.79. The molecule has 47 heavy (non-hydrogen) atoms. The number of carbonyl (C=O) groups excluding carboxylic acids is 1. The summed E-state index contributed by atoms with van der Waals surface area (Å²) in [5, 5.41) is 15.4. The maximum absolute atomic E-state index is 14.4. The number of hydrogen-bond acceptors (Lipinski definition) is 5. The lowest BCUT2D eigenvalue weighted by atomic mass is 9.33. The first-order valence-electron chi connectivity index (χ1n) is 18.5. The van der Waals surface area contributed by atoms with E-state index in [0.717, 1.165) is 50.6 Å². The second-order valence-electron chi connectivity index (χ2n) is 17.7. The van der Waals surface area contributed by atoms with Gasteiger partial charge in [-0.15, -0.1) is 0 Å². The van der Waals surface area contributed by atoms with Crippen LogP contribution in [0.1, 0.15) is 106 Å². The summed E-state index contributed by atoms with van der Waals surface area (Å²) < 4.78 is 9.08. The van der Waals surface area contributed by atoms with Crippen LogP contribution in [0.5, 0.6) is 0 Å². The van der Waals surface area contributed by atoms with E-state index in [2.05, 4.69) is 59.6 Å². The van der Waals surface area contributed by atoms with Crippen LogP contribution in [0.25, 0.3) is 5.69 Å². The zero-order valence-corrected chi connectivity index (χ0v) is 29.8. The average molecular weight is 644 g/mol. The summed E-state index contributed by atoms with van der Waals surface area (Å²) >= 11 is 0. The van der Waals surface area contributed by atoms with Crippen LogP contribution in [0.15, 0.2) is 53.1 Å². The van der Waals surface area contributed by atoms with Gasteiger partial charge in [0.15, 0.2) is 0 Å². The standard InChI is InChI=1S/C40H57N3O4/c1-26-15-20-40(34(45)47-24-23-43-35(46)42(25-41-43)28-11-9-8-10-12-28)22-21-38(6)29(33(40)27(26)2)13-14-31-37(5)18-17-32(44)36(3,4)30(37)16-19-39(31,38)7/h8-13,25-27,30-33,44H,14-24H2,1-7H3/t26-,27+,30+,31-,32+,33+,37+,38-,39-,40+/m1/s1. The molecule has 5 aliphatic carbocycles. The number of aliphatic hydroxyl groups is 1. The normalized spacial score (nSPS) is 42.3. The molecule has 1 aromatic heterocycles. The number of fused-ring (bicyclic) bond motifs is 7. The Kier molecular flexibility index (Phi) is 7.82. The van der Waals surface area contributed by atoms with E-state index in [0.29, 0.717) is 23.7 Å². The van der Waals surface area contributed by atoms with Gasteiger partial charge in [-0.3, -0.25) is 4.79 Å². The molecule has 1 N–H and O–H groups in total. The number of nitrogens with zero attached hydrogens (tertiary/aromatic N) is 3. The minimum Gasteiger partial charge on any atom is -0.463 e. The molecule has 10 atom stereocenters. The quantitative estimate of drug-likeness (QED) is 0.268. The van der Waals surface area contributed by atoms with E-state index >= 15 is 0 Å². The van der Waals surface area contributed by atoms with Gasteiger partial charge in [0.1, 0.15) is 12.9 Å². The van der Waals surface area contributed by atoms with Gasteiger partial charge in [0, 0.05) is 0 Å². The molecule has 0 spiro atoms. The second-order valence-corrected chi connectivity index (χ2v) is 17.7. The highest BCUT2D eigenvalue weighted by Crippen LogP contribution is 2.75. The first-order chi connectivity index (χ1) is 22.2. The van der Waals surface area contributed by atoms with Crippen molar-refractivity contribution in [3.8, 4) is 5.69 Å². The first-order valence-corrected chi connectivity index (χ1v) is 18.5. The maximum atomic E-state index is 14.4. The number of ether oxygens (including phenoxy) is 1. The molecule has 256 valence electrons. The second kappa shape index (κ2) is 11.2. The number of aliphatic hydroxyl groups excluding tert-OH is 1. The van der Waals surface area contributed by atoms with Crippen molar-refractivity contribution in [3.05, 3.63) is 58.8 Å². The van der Waals surface area contributed by atoms with Crippen molar-refractivity contribution in [2.45, 2.75) is 119 Å². The lowest BCUT2D eigenvalue weighted by Crippen LogP contribution is -2.65. The minimum atomic E-state index is -0.521. The summed E-state index contributed by atoms with van der Waals surface area (Å²) in [6.45, 7) is 17.5. The molecule has 7 nitrogen and oxygen atoms in total. The summed E-state index contributed by atoms with van der Waals surface area (Å²) in [6, 6.07) is 9.47. The molecule has 4 fully saturated rings. The topological polar surface area (TPSA) is 86.4 Å². The fraction of sp³-hybridized carbons (Fsp3) is 0.725. The van der Waals surface area contributed by atoms with Gasteiger partial charge < -0.3 is 9.84 Å². The Hall–Kier alpha value is -2.67. The van der Waals surface area contributed by atoms with Gasteiger partial charge in [-0.25, -0.2) is 14.0 Å². The molecule has 1 aromatic carbocycles. The summed E-state index contributed by atoms with van der Waals surface area (Å²) in [5.41, 5.74) is 1.86. The Morgan fingerprint density at radius 1 is 0.957 bits per heavy atom. The maximum Gasteiger partial charge on any atom is 0.350 e. The number of para-hydroxylation sites is 1. The van der Waals surface area contributed by atoms with Crippen LogP contribution in [0.4, 0.5) is 0 Å². The molecular formula is C40H57N3O4. The number of esters is 1. The van der Waals surface area contributed by atoms with E-state index < -0.39 is 5.41 Å². The zero-order chi connectivity index (χ0) is 33.6. The highest BCUT2D eigenvalue weighted by atomic mass is 16.5. The number of aromatic nitrogens is 3. The van der Waals surface area contributed by atoms with E-state index in [1.165, 1.54) is 34.0 Å². The van der Waals surface area contributed by atoms with E-state index in [1.807, 2.05) is 30.3 Å². The van der Waals surface area contributed by atoms with E-state index in [1.54, 1.807) is 0 Å². The van der Waals surface area contributed by atoms with E-state index in [9.17, 15) is 14.7 Å². The molecule has 4 saturated carbocycles. The SMILES string of the molecule is C[C@H]1[C@H](C)CC[C@]2(C(=O)OCCn3ncn(-c4ccccc4)c3=O)CC[C@]3(C)C(=CC[C@@H]4[C@@]5(C)CC[C@H](O)C(C)(C)[C@@H]5CC[C@]43C)[C@H]12. The van der Waals surface area contributed by atoms with Crippen LogP contribution >= 0.6 is 0 Å². The van der Waals surface area contributed by atoms with Crippen molar-refractivity contribution in [2.75, 3.05) is 6.61 Å². The largest absolute Gasteiger partial charge is 0.463 e. The molecule has 7 rings (SSSR count). The Morgan fingerprint density at radius 3 is 2.45 bits per heavy atom. The molecule has 2 aromatic rings. The summed E-state index contributed by atoms with van der Waals surface area (Å²) in [5.74, 6) is 2.12. The molecule has 7 heteroatoms. The Labute approximate surface area is 281 Å².